The molecule has 0 fully saturated rings. The molecule has 0 aliphatic carbocycles. The molecular formula is C15H16N4O2S. The Morgan fingerprint density at radius 1 is 0.864 bits per heavy atom. The van der Waals surface area contributed by atoms with Crippen molar-refractivity contribution in [3.8, 4) is 0 Å². The molecule has 0 bridgehead atoms. The molecule has 0 atom stereocenters. The largest absolute Gasteiger partial charge is 0.369 e. The van der Waals surface area contributed by atoms with Crippen LogP contribution in [0.15, 0.2) is 69.7 Å². The van der Waals surface area contributed by atoms with Gasteiger partial charge in [-0.15, -0.1) is 10.2 Å². The maximum absolute atomic E-state index is 11.5. The Balaban J connectivity index is 2.51. The van der Waals surface area contributed by atoms with Gasteiger partial charge in [0.05, 0.1) is 4.90 Å². The number of sulfone groups is 1. The molecule has 0 spiro atoms. The lowest BCUT2D eigenvalue weighted by atomic mass is 10.0. The van der Waals surface area contributed by atoms with Crippen molar-refractivity contribution in [2.75, 3.05) is 6.26 Å². The van der Waals surface area contributed by atoms with Gasteiger partial charge < -0.3 is 11.5 Å². The zero-order valence-electron chi connectivity index (χ0n) is 12.0. The zero-order valence-corrected chi connectivity index (χ0v) is 12.8. The third-order valence-electron chi connectivity index (χ3n) is 2.87. The molecule has 0 aliphatic heterocycles. The van der Waals surface area contributed by atoms with E-state index < -0.39 is 9.84 Å². The van der Waals surface area contributed by atoms with E-state index in [1.54, 1.807) is 12.1 Å². The first-order chi connectivity index (χ1) is 10.4. The monoisotopic (exact) mass is 316 g/mol. The van der Waals surface area contributed by atoms with Crippen molar-refractivity contribution >= 4 is 21.5 Å². The highest BCUT2D eigenvalue weighted by Gasteiger charge is 2.10. The second-order valence-corrected chi connectivity index (χ2v) is 6.65. The minimum Gasteiger partial charge on any atom is -0.369 e. The van der Waals surface area contributed by atoms with Gasteiger partial charge in [-0.1, -0.05) is 42.5 Å². The fourth-order valence-electron chi connectivity index (χ4n) is 1.85. The predicted octanol–water partition coefficient (Wildman–Crippen LogP) is 1.12. The molecular weight excluding hydrogens is 300 g/mol. The van der Waals surface area contributed by atoms with E-state index in [0.717, 1.165) is 11.8 Å². The maximum Gasteiger partial charge on any atom is 0.211 e. The van der Waals surface area contributed by atoms with Crippen molar-refractivity contribution in [1.82, 2.24) is 0 Å². The van der Waals surface area contributed by atoms with Crippen LogP contribution in [-0.2, 0) is 9.84 Å². The first-order valence-corrected chi connectivity index (χ1v) is 8.29. The fraction of sp³-hybridized carbons (Fsp3) is 0.0667. The molecule has 7 heteroatoms. The van der Waals surface area contributed by atoms with E-state index in [-0.39, 0.29) is 10.9 Å². The van der Waals surface area contributed by atoms with Gasteiger partial charge in [0.15, 0.2) is 9.84 Å². The van der Waals surface area contributed by atoms with Crippen LogP contribution in [0.25, 0.3) is 0 Å². The summed E-state index contributed by atoms with van der Waals surface area (Å²) in [4.78, 5) is 0.241. The van der Waals surface area contributed by atoms with Crippen LogP contribution in [0.1, 0.15) is 11.1 Å². The van der Waals surface area contributed by atoms with Crippen LogP contribution in [0.2, 0.25) is 0 Å². The van der Waals surface area contributed by atoms with Crippen LogP contribution in [0.3, 0.4) is 0 Å². The second kappa shape index (κ2) is 6.40. The summed E-state index contributed by atoms with van der Waals surface area (Å²) in [7, 11) is -3.24. The van der Waals surface area contributed by atoms with E-state index >= 15 is 0 Å². The molecule has 0 saturated carbocycles. The molecule has 2 aromatic rings. The van der Waals surface area contributed by atoms with Crippen LogP contribution < -0.4 is 11.5 Å². The molecule has 114 valence electrons. The number of guanidine groups is 1. The van der Waals surface area contributed by atoms with Crippen LogP contribution in [0.4, 0.5) is 0 Å². The lowest BCUT2D eigenvalue weighted by molar-refractivity contribution is 0.602. The van der Waals surface area contributed by atoms with Gasteiger partial charge in [-0.25, -0.2) is 8.42 Å². The molecule has 0 radical (unpaired) electrons. The van der Waals surface area contributed by atoms with E-state index in [1.165, 1.54) is 12.1 Å². The number of rotatable bonds is 4. The number of hydrogen-bond acceptors (Lipinski definition) is 4. The summed E-state index contributed by atoms with van der Waals surface area (Å²) in [5.74, 6) is -0.152. The smallest absolute Gasteiger partial charge is 0.211 e. The van der Waals surface area contributed by atoms with Gasteiger partial charge >= 0.3 is 0 Å². The standard InChI is InChI=1S/C15H16N4O2S/c1-22(20,21)13-9-7-12(8-10-13)14(18-19-15(16)17)11-5-3-2-4-6-11/h2-10H,1H3,(H4,16,17,19)/b18-14+. The lowest BCUT2D eigenvalue weighted by Gasteiger charge is -2.06. The van der Waals surface area contributed by atoms with Crippen molar-refractivity contribution in [2.45, 2.75) is 4.90 Å². The molecule has 22 heavy (non-hydrogen) atoms. The van der Waals surface area contributed by atoms with Gasteiger partial charge in [-0.3, -0.25) is 0 Å². The highest BCUT2D eigenvalue weighted by atomic mass is 32.2. The molecule has 0 heterocycles. The van der Waals surface area contributed by atoms with Crippen molar-refractivity contribution in [2.24, 2.45) is 21.7 Å². The summed E-state index contributed by atoms with van der Waals surface area (Å²) in [6.07, 6.45) is 1.16. The predicted molar refractivity (Wildman–Crippen MR) is 87.4 cm³/mol. The van der Waals surface area contributed by atoms with Gasteiger partial charge in [0.25, 0.3) is 0 Å². The Morgan fingerprint density at radius 3 is 1.91 bits per heavy atom. The average Bonchev–Trinajstić information content (AvgIpc) is 2.48. The van der Waals surface area contributed by atoms with E-state index in [0.29, 0.717) is 11.3 Å². The van der Waals surface area contributed by atoms with Gasteiger partial charge in [-0.2, -0.15) is 0 Å². The number of nitrogens with two attached hydrogens (primary N) is 2. The maximum atomic E-state index is 11.5. The third-order valence-corrected chi connectivity index (χ3v) is 4.00. The summed E-state index contributed by atoms with van der Waals surface area (Å²) in [5, 5.41) is 7.75. The second-order valence-electron chi connectivity index (χ2n) is 4.64. The van der Waals surface area contributed by atoms with E-state index in [1.807, 2.05) is 30.3 Å². The Kier molecular flexibility index (Phi) is 4.57. The van der Waals surface area contributed by atoms with Crippen molar-refractivity contribution in [1.29, 1.82) is 0 Å². The first-order valence-electron chi connectivity index (χ1n) is 6.40. The van der Waals surface area contributed by atoms with E-state index in [2.05, 4.69) is 10.2 Å². The fourth-order valence-corrected chi connectivity index (χ4v) is 2.48. The van der Waals surface area contributed by atoms with Gasteiger partial charge in [0.2, 0.25) is 5.96 Å². The molecule has 0 amide bonds. The summed E-state index contributed by atoms with van der Waals surface area (Å²) in [5.41, 5.74) is 12.7. The SMILES string of the molecule is CS(=O)(=O)c1ccc(/C(=N/N=C(N)N)c2ccccc2)cc1. The molecule has 0 aromatic heterocycles. The highest BCUT2D eigenvalue weighted by Crippen LogP contribution is 2.15. The minimum atomic E-state index is -3.24. The third kappa shape index (κ3) is 3.92. The minimum absolute atomic E-state index is 0.152. The summed E-state index contributed by atoms with van der Waals surface area (Å²) < 4.78 is 23.0. The van der Waals surface area contributed by atoms with E-state index in [4.69, 9.17) is 11.5 Å². The van der Waals surface area contributed by atoms with Crippen LogP contribution >= 0.6 is 0 Å². The summed E-state index contributed by atoms with van der Waals surface area (Å²) in [6.45, 7) is 0. The number of benzene rings is 2. The number of hydrogen-bond donors (Lipinski definition) is 2. The summed E-state index contributed by atoms with van der Waals surface area (Å²) in [6, 6.07) is 15.7. The molecule has 4 N–H and O–H groups in total. The van der Waals surface area contributed by atoms with E-state index in [9.17, 15) is 8.42 Å². The average molecular weight is 316 g/mol. The van der Waals surface area contributed by atoms with Crippen molar-refractivity contribution in [3.05, 3.63) is 65.7 Å². The molecule has 0 saturated heterocycles. The quantitative estimate of drug-likeness (QED) is 0.500. The molecule has 6 nitrogen and oxygen atoms in total. The molecule has 2 rings (SSSR count). The zero-order chi connectivity index (χ0) is 16.2. The Bertz CT molecular complexity index is 806. The Labute approximate surface area is 129 Å². The van der Waals surface area contributed by atoms with Crippen LogP contribution in [0.5, 0.6) is 0 Å². The Hall–Kier alpha value is -2.67. The summed E-state index contributed by atoms with van der Waals surface area (Å²) >= 11 is 0. The topological polar surface area (TPSA) is 111 Å². The van der Waals surface area contributed by atoms with Gasteiger partial charge in [0, 0.05) is 17.4 Å². The normalized spacial score (nSPS) is 12.0. The molecule has 0 unspecified atom stereocenters. The molecule has 2 aromatic carbocycles. The molecule has 0 aliphatic rings. The van der Waals surface area contributed by atoms with Crippen LogP contribution in [-0.4, -0.2) is 26.3 Å². The van der Waals surface area contributed by atoms with Crippen molar-refractivity contribution in [3.63, 3.8) is 0 Å². The van der Waals surface area contributed by atoms with Crippen LogP contribution in [0, 0.1) is 0 Å². The van der Waals surface area contributed by atoms with Crippen molar-refractivity contribution < 1.29 is 8.42 Å². The highest BCUT2D eigenvalue weighted by molar-refractivity contribution is 7.90. The number of nitrogens with zero attached hydrogens (tertiary/aromatic N) is 2. The Morgan fingerprint density at radius 2 is 1.41 bits per heavy atom. The lowest BCUT2D eigenvalue weighted by Crippen LogP contribution is -2.22. The van der Waals surface area contributed by atoms with Gasteiger partial charge in [0.1, 0.15) is 5.71 Å². The van der Waals surface area contributed by atoms with Gasteiger partial charge in [-0.05, 0) is 12.1 Å². The first kappa shape index (κ1) is 15.7.